The van der Waals surface area contributed by atoms with Gasteiger partial charge in [0.15, 0.2) is 5.78 Å². The lowest BCUT2D eigenvalue weighted by Crippen LogP contribution is -2.42. The Hall–Kier alpha value is -1.73. The normalized spacial score (nSPS) is 30.1. The van der Waals surface area contributed by atoms with Gasteiger partial charge < -0.3 is 4.74 Å². The summed E-state index contributed by atoms with van der Waals surface area (Å²) < 4.78 is 31.9. The van der Waals surface area contributed by atoms with Crippen molar-refractivity contribution in [1.29, 1.82) is 0 Å². The van der Waals surface area contributed by atoms with E-state index in [9.17, 15) is 18.0 Å². The Bertz CT molecular complexity index is 755. The highest BCUT2D eigenvalue weighted by Crippen LogP contribution is 2.53. The summed E-state index contributed by atoms with van der Waals surface area (Å²) in [5.41, 5.74) is 0.947. The minimum atomic E-state index is -3.82. The van der Waals surface area contributed by atoms with Crippen LogP contribution >= 0.6 is 0 Å². The van der Waals surface area contributed by atoms with Gasteiger partial charge in [-0.1, -0.05) is 17.7 Å². The molecule has 2 fully saturated rings. The number of carbonyl (C=O) groups is 2. The molecule has 1 saturated heterocycles. The minimum absolute atomic E-state index is 0.137. The Morgan fingerprint density at radius 3 is 2.43 bits per heavy atom. The van der Waals surface area contributed by atoms with Gasteiger partial charge in [-0.05, 0) is 32.9 Å². The summed E-state index contributed by atoms with van der Waals surface area (Å²) in [6.45, 7) is 5.33. The highest BCUT2D eigenvalue weighted by Gasteiger charge is 2.71. The van der Waals surface area contributed by atoms with Crippen LogP contribution in [0.3, 0.4) is 0 Å². The first-order valence-corrected chi connectivity index (χ1v) is 9.05. The molecular weight excluding hydrogens is 318 g/mol. The van der Waals surface area contributed by atoms with Crippen molar-refractivity contribution < 1.29 is 22.7 Å². The first kappa shape index (κ1) is 16.1. The third kappa shape index (κ3) is 2.38. The van der Waals surface area contributed by atoms with E-state index in [-0.39, 0.29) is 17.3 Å². The molecule has 23 heavy (non-hydrogen) atoms. The molecule has 2 aliphatic rings. The number of benzene rings is 1. The Kier molecular flexibility index (Phi) is 3.80. The molecule has 1 heterocycles. The molecule has 0 aromatic heterocycles. The number of aryl methyl sites for hydroxylation is 1. The molecule has 0 bridgehead atoms. The van der Waals surface area contributed by atoms with Crippen molar-refractivity contribution in [1.82, 2.24) is 4.31 Å². The van der Waals surface area contributed by atoms with Crippen LogP contribution in [0.5, 0.6) is 0 Å². The van der Waals surface area contributed by atoms with Gasteiger partial charge in [-0.25, -0.2) is 8.42 Å². The number of carbonyl (C=O) groups excluding carboxylic acids is 2. The molecule has 1 aromatic carbocycles. The average molecular weight is 337 g/mol. The van der Waals surface area contributed by atoms with Gasteiger partial charge in [0.25, 0.3) is 0 Å². The van der Waals surface area contributed by atoms with Crippen molar-refractivity contribution in [3.63, 3.8) is 0 Å². The van der Waals surface area contributed by atoms with Crippen molar-refractivity contribution in [2.45, 2.75) is 37.8 Å². The number of nitrogens with zero attached hydrogens (tertiary/aromatic N) is 1. The third-order valence-corrected chi connectivity index (χ3v) is 6.54. The monoisotopic (exact) mass is 337 g/mol. The van der Waals surface area contributed by atoms with Crippen LogP contribution in [0.15, 0.2) is 29.2 Å². The van der Waals surface area contributed by atoms with E-state index in [1.807, 2.05) is 6.92 Å². The van der Waals surface area contributed by atoms with Crippen LogP contribution in [-0.4, -0.2) is 43.2 Å². The van der Waals surface area contributed by atoms with Crippen molar-refractivity contribution >= 4 is 21.8 Å². The lowest BCUT2D eigenvalue weighted by molar-refractivity contribution is -0.146. The fourth-order valence-electron chi connectivity index (χ4n) is 3.34. The van der Waals surface area contributed by atoms with Gasteiger partial charge in [0.2, 0.25) is 10.0 Å². The fourth-order valence-corrected chi connectivity index (χ4v) is 5.17. The van der Waals surface area contributed by atoms with Crippen LogP contribution < -0.4 is 0 Å². The van der Waals surface area contributed by atoms with E-state index in [1.54, 1.807) is 26.0 Å². The van der Waals surface area contributed by atoms with Crippen LogP contribution in [0.4, 0.5) is 0 Å². The SMILES string of the molecule is CCOC(=O)[C@H]1[C@@H]2C(=O)[C@H](C)N(S(=O)(=O)c3ccc(C)cc3)[C@H]12. The fraction of sp³-hybridized carbons (Fsp3) is 0.500. The van der Waals surface area contributed by atoms with E-state index < -0.39 is 39.9 Å². The molecule has 0 radical (unpaired) electrons. The standard InChI is InChI=1S/C16H19NO5S/c1-4-22-16(19)13-12-14(13)17(10(3)15(12)18)23(20,21)11-7-5-9(2)6-8-11/h5-8,10,12-14H,4H2,1-3H3/t10-,12-,13-,14-/m0/s1. The third-order valence-electron chi connectivity index (χ3n) is 4.55. The lowest BCUT2D eigenvalue weighted by atomic mass is 10.1. The van der Waals surface area contributed by atoms with Gasteiger partial charge in [0.1, 0.15) is 0 Å². The number of hydrogen-bond donors (Lipinski definition) is 0. The summed E-state index contributed by atoms with van der Waals surface area (Å²) in [5.74, 6) is -1.93. The number of ether oxygens (including phenoxy) is 1. The largest absolute Gasteiger partial charge is 0.466 e. The number of ketones is 1. The molecule has 1 aliphatic heterocycles. The zero-order chi connectivity index (χ0) is 16.9. The van der Waals surface area contributed by atoms with Gasteiger partial charge in [-0.15, -0.1) is 0 Å². The van der Waals surface area contributed by atoms with Gasteiger partial charge in [0, 0.05) is 0 Å². The van der Waals surface area contributed by atoms with E-state index >= 15 is 0 Å². The van der Waals surface area contributed by atoms with E-state index in [2.05, 4.69) is 0 Å². The molecule has 124 valence electrons. The second-order valence-corrected chi connectivity index (χ2v) is 7.86. The first-order valence-electron chi connectivity index (χ1n) is 7.61. The molecule has 1 saturated carbocycles. The molecular formula is C16H19NO5S. The summed E-state index contributed by atoms with van der Waals surface area (Å²) in [4.78, 5) is 24.4. The predicted molar refractivity (Wildman–Crippen MR) is 82.1 cm³/mol. The van der Waals surface area contributed by atoms with Crippen LogP contribution in [0.1, 0.15) is 19.4 Å². The maximum atomic E-state index is 12.9. The summed E-state index contributed by atoms with van der Waals surface area (Å²) in [6.07, 6.45) is 0. The second-order valence-electron chi connectivity index (χ2n) is 6.02. The van der Waals surface area contributed by atoms with Crippen LogP contribution in [0.25, 0.3) is 0 Å². The summed E-state index contributed by atoms with van der Waals surface area (Å²) in [6, 6.07) is 5.11. The number of rotatable bonds is 4. The molecule has 1 aromatic rings. The number of sulfonamides is 1. The minimum Gasteiger partial charge on any atom is -0.466 e. The number of hydrogen-bond acceptors (Lipinski definition) is 5. The molecule has 0 spiro atoms. The molecule has 0 unspecified atom stereocenters. The number of Topliss-reactive ketones (excluding diaryl/α,β-unsaturated/α-hetero) is 1. The molecule has 1 aliphatic carbocycles. The zero-order valence-electron chi connectivity index (χ0n) is 13.2. The second kappa shape index (κ2) is 5.42. The molecule has 4 atom stereocenters. The quantitative estimate of drug-likeness (QED) is 0.770. The summed E-state index contributed by atoms with van der Waals surface area (Å²) in [5, 5.41) is 0. The molecule has 0 amide bonds. The van der Waals surface area contributed by atoms with Gasteiger partial charge in [0.05, 0.1) is 35.4 Å². The predicted octanol–water partition coefficient (Wildman–Crippen LogP) is 1.13. The zero-order valence-corrected chi connectivity index (χ0v) is 14.0. The molecule has 3 rings (SSSR count). The Balaban J connectivity index is 1.94. The Morgan fingerprint density at radius 1 is 1.26 bits per heavy atom. The topological polar surface area (TPSA) is 80.8 Å². The van der Waals surface area contributed by atoms with Gasteiger partial charge in [-0.2, -0.15) is 4.31 Å². The first-order chi connectivity index (χ1) is 10.8. The van der Waals surface area contributed by atoms with E-state index in [1.165, 1.54) is 16.4 Å². The van der Waals surface area contributed by atoms with Crippen LogP contribution in [-0.2, 0) is 24.3 Å². The van der Waals surface area contributed by atoms with E-state index in [0.717, 1.165) is 5.56 Å². The van der Waals surface area contributed by atoms with Crippen molar-refractivity contribution in [2.24, 2.45) is 11.8 Å². The Labute approximate surface area is 135 Å². The average Bonchev–Trinajstić information content (AvgIpc) is 3.15. The van der Waals surface area contributed by atoms with Crippen molar-refractivity contribution in [3.8, 4) is 0 Å². The maximum Gasteiger partial charge on any atom is 0.311 e. The van der Waals surface area contributed by atoms with Crippen molar-refractivity contribution in [2.75, 3.05) is 6.61 Å². The highest BCUT2D eigenvalue weighted by atomic mass is 32.2. The van der Waals surface area contributed by atoms with Crippen LogP contribution in [0, 0.1) is 18.8 Å². The number of piperidine rings is 1. The van der Waals surface area contributed by atoms with E-state index in [0.29, 0.717) is 0 Å². The van der Waals surface area contributed by atoms with E-state index in [4.69, 9.17) is 4.74 Å². The summed E-state index contributed by atoms with van der Waals surface area (Å²) >= 11 is 0. The molecule has 7 heteroatoms. The maximum absolute atomic E-state index is 12.9. The molecule has 6 nitrogen and oxygen atoms in total. The van der Waals surface area contributed by atoms with Gasteiger partial charge >= 0.3 is 5.97 Å². The number of esters is 1. The number of fused-ring (bicyclic) bond motifs is 1. The van der Waals surface area contributed by atoms with Crippen molar-refractivity contribution in [3.05, 3.63) is 29.8 Å². The van der Waals surface area contributed by atoms with Gasteiger partial charge in [-0.3, -0.25) is 9.59 Å². The lowest BCUT2D eigenvalue weighted by Gasteiger charge is -2.24. The Morgan fingerprint density at radius 2 is 1.87 bits per heavy atom. The molecule has 0 N–H and O–H groups in total. The van der Waals surface area contributed by atoms with Crippen LogP contribution in [0.2, 0.25) is 0 Å². The highest BCUT2D eigenvalue weighted by molar-refractivity contribution is 7.89. The summed E-state index contributed by atoms with van der Waals surface area (Å²) in [7, 11) is -3.82. The smallest absolute Gasteiger partial charge is 0.311 e.